The molecule has 4 heteroatoms. The molecule has 1 fully saturated rings. The molecule has 0 bridgehead atoms. The molecule has 1 saturated heterocycles. The first-order valence-corrected chi connectivity index (χ1v) is 5.62. The summed E-state index contributed by atoms with van der Waals surface area (Å²) in [6, 6.07) is 2.07. The van der Waals surface area contributed by atoms with Crippen molar-refractivity contribution in [1.29, 1.82) is 0 Å². The molecule has 0 saturated carbocycles. The summed E-state index contributed by atoms with van der Waals surface area (Å²) in [5.41, 5.74) is 7.21. The third-order valence-corrected chi connectivity index (χ3v) is 3.06. The molecule has 0 spiro atoms. The van der Waals surface area contributed by atoms with Gasteiger partial charge in [0.2, 0.25) is 0 Å². The highest BCUT2D eigenvalue weighted by Gasteiger charge is 2.18. The van der Waals surface area contributed by atoms with Crippen molar-refractivity contribution in [3.63, 3.8) is 0 Å². The summed E-state index contributed by atoms with van der Waals surface area (Å²) in [4.78, 5) is 0. The fourth-order valence-corrected chi connectivity index (χ4v) is 2.13. The van der Waals surface area contributed by atoms with E-state index in [1.807, 2.05) is 17.8 Å². The molecular weight excluding hydrogens is 190 g/mol. The normalized spacial score (nSPS) is 23.2. The van der Waals surface area contributed by atoms with E-state index in [0.717, 1.165) is 25.1 Å². The Kier molecular flexibility index (Phi) is 3.38. The molecule has 2 rings (SSSR count). The van der Waals surface area contributed by atoms with Crippen molar-refractivity contribution in [3.8, 4) is 0 Å². The molecule has 2 atom stereocenters. The minimum absolute atomic E-state index is 0.0849. The Bertz CT molecular complexity index is 305. The van der Waals surface area contributed by atoms with Gasteiger partial charge in [-0.2, -0.15) is 5.10 Å². The smallest absolute Gasteiger partial charge is 0.0576 e. The van der Waals surface area contributed by atoms with Crippen LogP contribution in [0.1, 0.15) is 37.4 Å². The van der Waals surface area contributed by atoms with Crippen molar-refractivity contribution in [2.45, 2.75) is 37.8 Å². The number of aromatic nitrogens is 2. The number of hydrogen-bond donors (Lipinski definition) is 1. The summed E-state index contributed by atoms with van der Waals surface area (Å²) in [7, 11) is 1.93. The Balaban J connectivity index is 1.81. The van der Waals surface area contributed by atoms with Crippen LogP contribution in [-0.2, 0) is 11.8 Å². The van der Waals surface area contributed by atoms with Crippen LogP contribution < -0.4 is 5.73 Å². The van der Waals surface area contributed by atoms with Gasteiger partial charge in [-0.05, 0) is 31.7 Å². The Morgan fingerprint density at radius 1 is 1.73 bits per heavy atom. The third kappa shape index (κ3) is 2.58. The zero-order valence-electron chi connectivity index (χ0n) is 9.22. The van der Waals surface area contributed by atoms with Gasteiger partial charge in [0, 0.05) is 25.9 Å². The molecule has 84 valence electrons. The minimum atomic E-state index is 0.0849. The van der Waals surface area contributed by atoms with Gasteiger partial charge in [0.25, 0.3) is 0 Å². The minimum Gasteiger partial charge on any atom is -0.378 e. The molecule has 4 nitrogen and oxygen atoms in total. The molecule has 0 radical (unpaired) electrons. The van der Waals surface area contributed by atoms with Crippen LogP contribution in [0, 0.1) is 0 Å². The lowest BCUT2D eigenvalue weighted by Crippen LogP contribution is -2.17. The molecular formula is C11H19N3O. The first-order chi connectivity index (χ1) is 7.27. The van der Waals surface area contributed by atoms with Crippen LogP contribution in [-0.4, -0.2) is 22.5 Å². The van der Waals surface area contributed by atoms with Gasteiger partial charge in [0.05, 0.1) is 11.8 Å². The highest BCUT2D eigenvalue weighted by molar-refractivity contribution is 5.05. The van der Waals surface area contributed by atoms with Crippen LogP contribution in [0.15, 0.2) is 12.3 Å². The number of hydrogen-bond acceptors (Lipinski definition) is 3. The molecule has 0 aliphatic carbocycles. The Morgan fingerprint density at radius 2 is 2.60 bits per heavy atom. The number of rotatable bonds is 4. The largest absolute Gasteiger partial charge is 0.378 e. The van der Waals surface area contributed by atoms with Crippen molar-refractivity contribution in [2.75, 3.05) is 6.61 Å². The predicted octanol–water partition coefficient (Wildman–Crippen LogP) is 1.38. The Morgan fingerprint density at radius 3 is 3.20 bits per heavy atom. The van der Waals surface area contributed by atoms with Gasteiger partial charge in [-0.15, -0.1) is 0 Å². The maximum Gasteiger partial charge on any atom is 0.0576 e. The molecule has 15 heavy (non-hydrogen) atoms. The molecule has 1 aliphatic heterocycles. The quantitative estimate of drug-likeness (QED) is 0.815. The van der Waals surface area contributed by atoms with Crippen molar-refractivity contribution in [2.24, 2.45) is 12.8 Å². The van der Waals surface area contributed by atoms with Crippen LogP contribution in [0.3, 0.4) is 0 Å². The molecule has 0 amide bonds. The van der Waals surface area contributed by atoms with Crippen LogP contribution >= 0.6 is 0 Å². The summed E-state index contributed by atoms with van der Waals surface area (Å²) < 4.78 is 7.42. The first-order valence-electron chi connectivity index (χ1n) is 5.62. The van der Waals surface area contributed by atoms with Crippen molar-refractivity contribution < 1.29 is 4.74 Å². The second kappa shape index (κ2) is 4.77. The summed E-state index contributed by atoms with van der Waals surface area (Å²) in [5, 5.41) is 4.12. The standard InChI is InChI=1S/C11H19N3O/c1-14-11(6-7-13-14)10(12)5-4-9-3-2-8-15-9/h6-7,9-10H,2-5,8,12H2,1H3. The van der Waals surface area contributed by atoms with Gasteiger partial charge in [-0.3, -0.25) is 4.68 Å². The lowest BCUT2D eigenvalue weighted by atomic mass is 10.0. The third-order valence-electron chi connectivity index (χ3n) is 3.06. The summed E-state index contributed by atoms with van der Waals surface area (Å²) >= 11 is 0. The van der Waals surface area contributed by atoms with Gasteiger partial charge in [-0.25, -0.2) is 0 Å². The van der Waals surface area contributed by atoms with E-state index in [0.29, 0.717) is 6.10 Å². The molecule has 1 aromatic rings. The van der Waals surface area contributed by atoms with Crippen molar-refractivity contribution in [1.82, 2.24) is 9.78 Å². The maximum atomic E-state index is 6.10. The first kappa shape index (κ1) is 10.6. The summed E-state index contributed by atoms with van der Waals surface area (Å²) in [5.74, 6) is 0. The van der Waals surface area contributed by atoms with Crippen molar-refractivity contribution >= 4 is 0 Å². The van der Waals surface area contributed by atoms with E-state index in [-0.39, 0.29) is 6.04 Å². The number of ether oxygens (including phenoxy) is 1. The van der Waals surface area contributed by atoms with E-state index in [4.69, 9.17) is 10.5 Å². The highest BCUT2D eigenvalue weighted by atomic mass is 16.5. The van der Waals surface area contributed by atoms with E-state index >= 15 is 0 Å². The average Bonchev–Trinajstić information content (AvgIpc) is 2.84. The van der Waals surface area contributed by atoms with Gasteiger partial charge in [0.15, 0.2) is 0 Å². The van der Waals surface area contributed by atoms with Crippen LogP contribution in [0.2, 0.25) is 0 Å². The van der Waals surface area contributed by atoms with Crippen LogP contribution in [0.25, 0.3) is 0 Å². The van der Waals surface area contributed by atoms with E-state index < -0.39 is 0 Å². The fourth-order valence-electron chi connectivity index (χ4n) is 2.13. The molecule has 1 aliphatic rings. The lowest BCUT2D eigenvalue weighted by molar-refractivity contribution is 0.100. The maximum absolute atomic E-state index is 6.10. The predicted molar refractivity (Wildman–Crippen MR) is 58.3 cm³/mol. The van der Waals surface area contributed by atoms with Crippen molar-refractivity contribution in [3.05, 3.63) is 18.0 Å². The Labute approximate surface area is 90.4 Å². The number of nitrogens with two attached hydrogens (primary N) is 1. The average molecular weight is 209 g/mol. The van der Waals surface area contributed by atoms with Crippen LogP contribution in [0.5, 0.6) is 0 Å². The van der Waals surface area contributed by atoms with Gasteiger partial charge >= 0.3 is 0 Å². The number of aryl methyl sites for hydroxylation is 1. The lowest BCUT2D eigenvalue weighted by Gasteiger charge is -2.14. The van der Waals surface area contributed by atoms with Gasteiger partial charge in [-0.1, -0.05) is 0 Å². The Hall–Kier alpha value is -0.870. The van der Waals surface area contributed by atoms with E-state index in [9.17, 15) is 0 Å². The van der Waals surface area contributed by atoms with Gasteiger partial charge < -0.3 is 10.5 Å². The van der Waals surface area contributed by atoms with E-state index in [1.54, 1.807) is 6.20 Å². The SMILES string of the molecule is Cn1nccc1C(N)CCC1CCCO1. The second-order valence-electron chi connectivity index (χ2n) is 4.20. The van der Waals surface area contributed by atoms with Crippen LogP contribution in [0.4, 0.5) is 0 Å². The fraction of sp³-hybridized carbons (Fsp3) is 0.727. The van der Waals surface area contributed by atoms with E-state index in [2.05, 4.69) is 5.10 Å². The number of nitrogens with zero attached hydrogens (tertiary/aromatic N) is 2. The zero-order chi connectivity index (χ0) is 10.7. The molecule has 0 aromatic carbocycles. The molecule has 2 N–H and O–H groups in total. The summed E-state index contributed by atoms with van der Waals surface area (Å²) in [6.07, 6.45) is 6.66. The monoisotopic (exact) mass is 209 g/mol. The molecule has 2 unspecified atom stereocenters. The highest BCUT2D eigenvalue weighted by Crippen LogP contribution is 2.21. The van der Waals surface area contributed by atoms with Gasteiger partial charge in [0.1, 0.15) is 0 Å². The summed E-state index contributed by atoms with van der Waals surface area (Å²) in [6.45, 7) is 0.922. The zero-order valence-corrected chi connectivity index (χ0v) is 9.22. The topological polar surface area (TPSA) is 53.1 Å². The van der Waals surface area contributed by atoms with E-state index in [1.165, 1.54) is 12.8 Å². The second-order valence-corrected chi connectivity index (χ2v) is 4.20. The molecule has 2 heterocycles. The molecule has 1 aromatic heterocycles.